The van der Waals surface area contributed by atoms with Crippen molar-refractivity contribution in [2.24, 2.45) is 11.7 Å². The average molecular weight is 264 g/mol. The third kappa shape index (κ3) is 4.91. The van der Waals surface area contributed by atoms with E-state index in [-0.39, 0.29) is 11.9 Å². The maximum Gasteiger partial charge on any atom is 0.130 e. The summed E-state index contributed by atoms with van der Waals surface area (Å²) in [6.07, 6.45) is 1.28. The van der Waals surface area contributed by atoms with Gasteiger partial charge in [-0.25, -0.2) is 0 Å². The molecule has 0 aliphatic carbocycles. The first-order valence-corrected chi connectivity index (χ1v) is 6.57. The highest BCUT2D eigenvalue weighted by atomic mass is 16.5. The quantitative estimate of drug-likeness (QED) is 0.587. The Morgan fingerprint density at radius 3 is 2.53 bits per heavy atom. The maximum absolute atomic E-state index is 7.46. The smallest absolute Gasteiger partial charge is 0.130 e. The zero-order chi connectivity index (χ0) is 14.4. The standard InChI is InChI=1S/C15H24N2O2/c1-10(2)7-11(3)19-9-12-5-6-13(15(16)17)14(8-12)18-4/h5-6,8,10-11H,7,9H2,1-4H3,(H3,16,17). The monoisotopic (exact) mass is 264 g/mol. The van der Waals surface area contributed by atoms with Crippen molar-refractivity contribution in [3.63, 3.8) is 0 Å². The van der Waals surface area contributed by atoms with Crippen LogP contribution in [0.1, 0.15) is 38.3 Å². The zero-order valence-corrected chi connectivity index (χ0v) is 12.2. The van der Waals surface area contributed by atoms with Crippen molar-refractivity contribution < 1.29 is 9.47 Å². The van der Waals surface area contributed by atoms with Gasteiger partial charge < -0.3 is 15.2 Å². The lowest BCUT2D eigenvalue weighted by Crippen LogP contribution is -2.13. The number of benzene rings is 1. The molecular formula is C15H24N2O2. The molecule has 0 aliphatic rings. The fourth-order valence-electron chi connectivity index (χ4n) is 2.02. The Morgan fingerprint density at radius 2 is 2.00 bits per heavy atom. The first-order chi connectivity index (χ1) is 8.93. The lowest BCUT2D eigenvalue weighted by atomic mass is 10.1. The van der Waals surface area contributed by atoms with Crippen LogP contribution in [-0.4, -0.2) is 19.0 Å². The normalized spacial score (nSPS) is 12.5. The number of nitrogens with two attached hydrogens (primary N) is 1. The summed E-state index contributed by atoms with van der Waals surface area (Å²) < 4.78 is 11.0. The molecule has 1 aromatic carbocycles. The number of rotatable bonds is 7. The molecule has 3 N–H and O–H groups in total. The molecule has 0 saturated carbocycles. The molecule has 0 heterocycles. The molecule has 4 nitrogen and oxygen atoms in total. The molecule has 0 spiro atoms. The van der Waals surface area contributed by atoms with Crippen molar-refractivity contribution in [3.05, 3.63) is 29.3 Å². The summed E-state index contributed by atoms with van der Waals surface area (Å²) in [5.74, 6) is 1.26. The number of amidine groups is 1. The van der Waals surface area contributed by atoms with Crippen LogP contribution in [0.2, 0.25) is 0 Å². The van der Waals surface area contributed by atoms with E-state index in [9.17, 15) is 0 Å². The molecule has 0 fully saturated rings. The second-order valence-corrected chi connectivity index (χ2v) is 5.20. The van der Waals surface area contributed by atoms with Crippen LogP contribution in [0.15, 0.2) is 18.2 Å². The summed E-state index contributed by atoms with van der Waals surface area (Å²) >= 11 is 0. The first-order valence-electron chi connectivity index (χ1n) is 6.57. The Morgan fingerprint density at radius 1 is 1.32 bits per heavy atom. The third-order valence-corrected chi connectivity index (χ3v) is 2.89. The van der Waals surface area contributed by atoms with Crippen molar-refractivity contribution in [3.8, 4) is 5.75 Å². The van der Waals surface area contributed by atoms with E-state index in [1.54, 1.807) is 13.2 Å². The molecule has 1 atom stereocenters. The van der Waals surface area contributed by atoms with Gasteiger partial charge in [-0.3, -0.25) is 5.41 Å². The van der Waals surface area contributed by atoms with E-state index in [1.165, 1.54) is 0 Å². The van der Waals surface area contributed by atoms with Gasteiger partial charge in [0.05, 0.1) is 25.4 Å². The molecular weight excluding hydrogens is 240 g/mol. The summed E-state index contributed by atoms with van der Waals surface area (Å²) in [4.78, 5) is 0. The molecule has 0 aliphatic heterocycles. The summed E-state index contributed by atoms with van der Waals surface area (Å²) in [6, 6.07) is 5.59. The van der Waals surface area contributed by atoms with Gasteiger partial charge in [0.2, 0.25) is 0 Å². The topological polar surface area (TPSA) is 68.3 Å². The van der Waals surface area contributed by atoms with Crippen LogP contribution >= 0.6 is 0 Å². The van der Waals surface area contributed by atoms with Crippen LogP contribution in [0.25, 0.3) is 0 Å². The Balaban J connectivity index is 2.67. The van der Waals surface area contributed by atoms with Gasteiger partial charge in [0.15, 0.2) is 0 Å². The predicted molar refractivity (Wildman–Crippen MR) is 77.7 cm³/mol. The van der Waals surface area contributed by atoms with Crippen LogP contribution in [0.3, 0.4) is 0 Å². The van der Waals surface area contributed by atoms with Crippen LogP contribution in [-0.2, 0) is 11.3 Å². The van der Waals surface area contributed by atoms with Gasteiger partial charge in [-0.2, -0.15) is 0 Å². The molecule has 106 valence electrons. The molecule has 4 heteroatoms. The molecule has 0 aromatic heterocycles. The second kappa shape index (κ2) is 7.14. The van der Waals surface area contributed by atoms with Gasteiger partial charge in [-0.1, -0.05) is 19.9 Å². The van der Waals surface area contributed by atoms with Crippen LogP contribution in [0, 0.1) is 11.3 Å². The summed E-state index contributed by atoms with van der Waals surface area (Å²) in [6.45, 7) is 7.00. The zero-order valence-electron chi connectivity index (χ0n) is 12.2. The maximum atomic E-state index is 7.46. The van der Waals surface area contributed by atoms with Crippen molar-refractivity contribution in [1.82, 2.24) is 0 Å². The highest BCUT2D eigenvalue weighted by molar-refractivity contribution is 5.97. The van der Waals surface area contributed by atoms with Gasteiger partial charge in [0.1, 0.15) is 11.6 Å². The first kappa shape index (κ1) is 15.5. The number of ether oxygens (including phenoxy) is 2. The van der Waals surface area contributed by atoms with Crippen LogP contribution in [0.5, 0.6) is 5.75 Å². The number of nitrogens with one attached hydrogen (secondary N) is 1. The van der Waals surface area contributed by atoms with E-state index in [0.717, 1.165) is 12.0 Å². The van der Waals surface area contributed by atoms with E-state index in [1.807, 2.05) is 12.1 Å². The molecule has 19 heavy (non-hydrogen) atoms. The SMILES string of the molecule is COc1cc(COC(C)CC(C)C)ccc1C(=N)N. The van der Waals surface area contributed by atoms with Crippen molar-refractivity contribution in [1.29, 1.82) is 5.41 Å². The minimum absolute atomic E-state index is 0.0116. The fourth-order valence-corrected chi connectivity index (χ4v) is 2.02. The van der Waals surface area contributed by atoms with Crippen LogP contribution in [0.4, 0.5) is 0 Å². The summed E-state index contributed by atoms with van der Waals surface area (Å²) in [5.41, 5.74) is 7.13. The largest absolute Gasteiger partial charge is 0.496 e. The van der Waals surface area contributed by atoms with E-state index < -0.39 is 0 Å². The molecule has 0 radical (unpaired) electrons. The predicted octanol–water partition coefficient (Wildman–Crippen LogP) is 2.93. The number of methoxy groups -OCH3 is 1. The van der Waals surface area contributed by atoms with Gasteiger partial charge in [0.25, 0.3) is 0 Å². The molecule has 1 unspecified atom stereocenters. The molecule has 1 rings (SSSR count). The van der Waals surface area contributed by atoms with Gasteiger partial charge in [-0.15, -0.1) is 0 Å². The highest BCUT2D eigenvalue weighted by Crippen LogP contribution is 2.21. The molecule has 0 bridgehead atoms. The van der Waals surface area contributed by atoms with E-state index in [4.69, 9.17) is 20.6 Å². The molecule has 0 amide bonds. The van der Waals surface area contributed by atoms with Crippen molar-refractivity contribution in [2.45, 2.75) is 39.9 Å². The Labute approximate surface area is 115 Å². The number of hydrogen-bond donors (Lipinski definition) is 2. The molecule has 0 saturated heterocycles. The summed E-state index contributed by atoms with van der Waals surface area (Å²) in [5, 5.41) is 7.46. The minimum Gasteiger partial charge on any atom is -0.496 e. The van der Waals surface area contributed by atoms with E-state index in [0.29, 0.717) is 23.8 Å². The summed E-state index contributed by atoms with van der Waals surface area (Å²) in [7, 11) is 1.58. The second-order valence-electron chi connectivity index (χ2n) is 5.20. The lowest BCUT2D eigenvalue weighted by Gasteiger charge is -2.16. The average Bonchev–Trinajstić information content (AvgIpc) is 2.34. The van der Waals surface area contributed by atoms with Gasteiger partial charge in [-0.05, 0) is 37.0 Å². The Kier molecular flexibility index (Phi) is 5.83. The van der Waals surface area contributed by atoms with Gasteiger partial charge >= 0.3 is 0 Å². The van der Waals surface area contributed by atoms with Crippen molar-refractivity contribution >= 4 is 5.84 Å². The van der Waals surface area contributed by atoms with E-state index in [2.05, 4.69) is 20.8 Å². The third-order valence-electron chi connectivity index (χ3n) is 2.89. The fraction of sp³-hybridized carbons (Fsp3) is 0.533. The number of hydrogen-bond acceptors (Lipinski definition) is 3. The Hall–Kier alpha value is -1.55. The van der Waals surface area contributed by atoms with E-state index >= 15 is 0 Å². The number of nitrogen functional groups attached to an aromatic ring is 1. The highest BCUT2D eigenvalue weighted by Gasteiger charge is 2.09. The van der Waals surface area contributed by atoms with Crippen LogP contribution < -0.4 is 10.5 Å². The minimum atomic E-state index is 0.0116. The van der Waals surface area contributed by atoms with Crippen molar-refractivity contribution in [2.75, 3.05) is 7.11 Å². The Bertz CT molecular complexity index is 430. The van der Waals surface area contributed by atoms with Gasteiger partial charge in [0, 0.05) is 0 Å². The lowest BCUT2D eigenvalue weighted by molar-refractivity contribution is 0.0396. The molecule has 1 aromatic rings.